The summed E-state index contributed by atoms with van der Waals surface area (Å²) in [5, 5.41) is 10.4. The second kappa shape index (κ2) is 7.59. The molecule has 28 heavy (non-hydrogen) atoms. The van der Waals surface area contributed by atoms with Crippen LogP contribution >= 0.6 is 0 Å². The summed E-state index contributed by atoms with van der Waals surface area (Å²) >= 11 is 0. The van der Waals surface area contributed by atoms with Crippen LogP contribution in [0.25, 0.3) is 0 Å². The fraction of sp³-hybridized carbons (Fsp3) is 0.400. The Hall–Kier alpha value is -1.74. The second-order valence-electron chi connectivity index (χ2n) is 7.45. The standard InChI is InChI=1S/C20H25NO5S2/c1-14-9-16(3)20(10-15(14)2)28(25,26)21(11-17-7-5-4-6-8-17)18-12-27(23,24)13-19(18)22/h4-10,18-19,22H,11-13H2,1-3H3/t18-,19-/m0/s1. The van der Waals surface area contributed by atoms with E-state index in [4.69, 9.17) is 0 Å². The Morgan fingerprint density at radius 3 is 2.18 bits per heavy atom. The number of benzene rings is 2. The van der Waals surface area contributed by atoms with Gasteiger partial charge in [0.15, 0.2) is 9.84 Å². The topological polar surface area (TPSA) is 91.8 Å². The van der Waals surface area contributed by atoms with Gasteiger partial charge < -0.3 is 5.11 Å². The van der Waals surface area contributed by atoms with E-state index in [-0.39, 0.29) is 17.2 Å². The van der Waals surface area contributed by atoms with Crippen molar-refractivity contribution in [1.29, 1.82) is 0 Å². The van der Waals surface area contributed by atoms with Gasteiger partial charge in [-0.05, 0) is 49.1 Å². The molecule has 2 aromatic carbocycles. The number of aliphatic hydroxyl groups excluding tert-OH is 1. The average molecular weight is 424 g/mol. The Morgan fingerprint density at radius 2 is 1.61 bits per heavy atom. The van der Waals surface area contributed by atoms with Crippen LogP contribution in [0.5, 0.6) is 0 Å². The molecule has 2 aromatic rings. The van der Waals surface area contributed by atoms with Crippen LogP contribution in [0.3, 0.4) is 0 Å². The fourth-order valence-electron chi connectivity index (χ4n) is 3.57. The molecule has 0 spiro atoms. The number of rotatable bonds is 5. The highest BCUT2D eigenvalue weighted by atomic mass is 32.2. The Balaban J connectivity index is 2.11. The average Bonchev–Trinajstić information content (AvgIpc) is 2.88. The Labute approximate surface area is 166 Å². The molecule has 2 atom stereocenters. The SMILES string of the molecule is Cc1cc(C)c(S(=O)(=O)N(Cc2ccccc2)[C@H]2CS(=O)(=O)C[C@@H]2O)cc1C. The third-order valence-corrected chi connectivity index (χ3v) is 8.93. The van der Waals surface area contributed by atoms with Gasteiger partial charge in [-0.2, -0.15) is 4.31 Å². The fourth-order valence-corrected chi connectivity index (χ4v) is 7.40. The summed E-state index contributed by atoms with van der Waals surface area (Å²) in [5.41, 5.74) is 3.14. The highest BCUT2D eigenvalue weighted by Crippen LogP contribution is 2.30. The van der Waals surface area contributed by atoms with Crippen molar-refractivity contribution in [2.24, 2.45) is 0 Å². The summed E-state index contributed by atoms with van der Waals surface area (Å²) in [5.74, 6) is -0.811. The van der Waals surface area contributed by atoms with Gasteiger partial charge in [0.2, 0.25) is 10.0 Å². The van der Waals surface area contributed by atoms with Crippen molar-refractivity contribution < 1.29 is 21.9 Å². The molecule has 1 aliphatic heterocycles. The van der Waals surface area contributed by atoms with Gasteiger partial charge in [0, 0.05) is 6.54 Å². The molecule has 1 N–H and O–H groups in total. The number of sulfonamides is 1. The van der Waals surface area contributed by atoms with E-state index in [9.17, 15) is 21.9 Å². The van der Waals surface area contributed by atoms with Crippen LogP contribution in [0.15, 0.2) is 47.4 Å². The zero-order chi connectivity index (χ0) is 20.7. The second-order valence-corrected chi connectivity index (χ2v) is 11.5. The maximum absolute atomic E-state index is 13.6. The van der Waals surface area contributed by atoms with Crippen molar-refractivity contribution in [3.05, 3.63) is 64.7 Å². The first kappa shape index (κ1) is 21.0. The van der Waals surface area contributed by atoms with Gasteiger partial charge in [0.05, 0.1) is 28.5 Å². The summed E-state index contributed by atoms with van der Waals surface area (Å²) in [7, 11) is -7.53. The first-order valence-corrected chi connectivity index (χ1v) is 12.3. The number of aryl methyl sites for hydroxylation is 3. The lowest BCUT2D eigenvalue weighted by atomic mass is 10.1. The van der Waals surface area contributed by atoms with Gasteiger partial charge >= 0.3 is 0 Å². The van der Waals surface area contributed by atoms with Crippen LogP contribution in [0.1, 0.15) is 22.3 Å². The molecule has 152 valence electrons. The molecule has 0 amide bonds. The molecule has 3 rings (SSSR count). The first-order valence-electron chi connectivity index (χ1n) is 9.03. The van der Waals surface area contributed by atoms with E-state index in [2.05, 4.69) is 0 Å². The number of aliphatic hydroxyl groups is 1. The third kappa shape index (κ3) is 4.15. The Bertz CT molecular complexity index is 1080. The minimum Gasteiger partial charge on any atom is -0.390 e. The predicted molar refractivity (Wildman–Crippen MR) is 108 cm³/mol. The zero-order valence-corrected chi connectivity index (χ0v) is 17.8. The van der Waals surface area contributed by atoms with Gasteiger partial charge in [0.1, 0.15) is 0 Å². The van der Waals surface area contributed by atoms with Crippen LogP contribution in [-0.2, 0) is 26.4 Å². The molecule has 0 radical (unpaired) electrons. The quantitative estimate of drug-likeness (QED) is 0.794. The lowest BCUT2D eigenvalue weighted by molar-refractivity contribution is 0.125. The van der Waals surface area contributed by atoms with E-state index in [0.29, 0.717) is 5.56 Å². The molecule has 0 bridgehead atoms. The van der Waals surface area contributed by atoms with E-state index in [1.807, 2.05) is 26.0 Å². The summed E-state index contributed by atoms with van der Waals surface area (Å²) in [6.45, 7) is 5.46. The molecule has 1 aliphatic rings. The van der Waals surface area contributed by atoms with Gasteiger partial charge in [0.25, 0.3) is 0 Å². The van der Waals surface area contributed by atoms with Crippen LogP contribution in [0.4, 0.5) is 0 Å². The molecule has 0 saturated carbocycles. The van der Waals surface area contributed by atoms with Crippen molar-refractivity contribution in [3.63, 3.8) is 0 Å². The minimum absolute atomic E-state index is 0.00716. The number of nitrogens with zero attached hydrogens (tertiary/aromatic N) is 1. The molecule has 6 nitrogen and oxygen atoms in total. The maximum atomic E-state index is 13.6. The molecule has 1 saturated heterocycles. The molecule has 1 heterocycles. The number of hydrogen-bond acceptors (Lipinski definition) is 5. The minimum atomic E-state index is -4.03. The summed E-state index contributed by atoms with van der Waals surface area (Å²) in [4.78, 5) is 0.142. The van der Waals surface area contributed by atoms with Crippen LogP contribution in [-0.4, -0.2) is 49.9 Å². The van der Waals surface area contributed by atoms with Crippen molar-refractivity contribution in [2.45, 2.75) is 44.4 Å². The molecule has 0 unspecified atom stereocenters. The molecule has 0 aliphatic carbocycles. The maximum Gasteiger partial charge on any atom is 0.244 e. The Morgan fingerprint density at radius 1 is 1.00 bits per heavy atom. The van der Waals surface area contributed by atoms with Gasteiger partial charge in [-0.25, -0.2) is 16.8 Å². The van der Waals surface area contributed by atoms with Crippen molar-refractivity contribution in [1.82, 2.24) is 4.31 Å². The highest BCUT2D eigenvalue weighted by molar-refractivity contribution is 7.92. The van der Waals surface area contributed by atoms with Crippen molar-refractivity contribution in [2.75, 3.05) is 11.5 Å². The highest BCUT2D eigenvalue weighted by Gasteiger charge is 2.45. The van der Waals surface area contributed by atoms with Crippen LogP contribution in [0, 0.1) is 20.8 Å². The normalized spacial score (nSPS) is 21.9. The lowest BCUT2D eigenvalue weighted by Gasteiger charge is -2.30. The van der Waals surface area contributed by atoms with Gasteiger partial charge in [-0.1, -0.05) is 36.4 Å². The monoisotopic (exact) mass is 423 g/mol. The zero-order valence-electron chi connectivity index (χ0n) is 16.2. The molecule has 0 aromatic heterocycles. The van der Waals surface area contributed by atoms with Gasteiger partial charge in [-0.3, -0.25) is 0 Å². The molecule has 8 heteroatoms. The van der Waals surface area contributed by atoms with Crippen LogP contribution < -0.4 is 0 Å². The molecular formula is C20H25NO5S2. The van der Waals surface area contributed by atoms with Gasteiger partial charge in [-0.15, -0.1) is 0 Å². The molecular weight excluding hydrogens is 398 g/mol. The van der Waals surface area contributed by atoms with E-state index >= 15 is 0 Å². The third-order valence-electron chi connectivity index (χ3n) is 5.22. The van der Waals surface area contributed by atoms with Crippen molar-refractivity contribution in [3.8, 4) is 0 Å². The summed E-state index contributed by atoms with van der Waals surface area (Å²) < 4.78 is 52.4. The predicted octanol–water partition coefficient (Wildman–Crippen LogP) is 1.96. The van der Waals surface area contributed by atoms with E-state index < -0.39 is 37.8 Å². The largest absolute Gasteiger partial charge is 0.390 e. The summed E-state index contributed by atoms with van der Waals surface area (Å²) in [6, 6.07) is 11.4. The Kier molecular flexibility index (Phi) is 5.69. The number of sulfone groups is 1. The van der Waals surface area contributed by atoms with E-state index in [1.165, 1.54) is 0 Å². The van der Waals surface area contributed by atoms with Crippen molar-refractivity contribution >= 4 is 19.9 Å². The first-order chi connectivity index (χ1) is 13.0. The van der Waals surface area contributed by atoms with E-state index in [1.54, 1.807) is 37.3 Å². The smallest absolute Gasteiger partial charge is 0.244 e. The van der Waals surface area contributed by atoms with E-state index in [0.717, 1.165) is 21.0 Å². The van der Waals surface area contributed by atoms with Crippen LogP contribution in [0.2, 0.25) is 0 Å². The summed E-state index contributed by atoms with van der Waals surface area (Å²) in [6.07, 6.45) is -1.25. The number of hydrogen-bond donors (Lipinski definition) is 1. The lowest BCUT2D eigenvalue weighted by Crippen LogP contribution is -2.46. The molecule has 1 fully saturated rings.